The van der Waals surface area contributed by atoms with Crippen LogP contribution in [0.15, 0.2) is 29.9 Å². The summed E-state index contributed by atoms with van der Waals surface area (Å²) in [5.74, 6) is 6.82. The SMILES string of the molecule is C=C(C)C1CCC(C)=CC1c1c(OC)cc(CCCCC)c(C(=O)NN)c1OC. The van der Waals surface area contributed by atoms with Gasteiger partial charge in [0.15, 0.2) is 0 Å². The van der Waals surface area contributed by atoms with Gasteiger partial charge in [-0.3, -0.25) is 10.2 Å². The first kappa shape index (κ1) is 23.0. The number of nitrogens with two attached hydrogens (primary N) is 1. The molecule has 0 fully saturated rings. The molecule has 5 heteroatoms. The molecule has 0 spiro atoms. The zero-order chi connectivity index (χ0) is 21.6. The van der Waals surface area contributed by atoms with Crippen molar-refractivity contribution in [1.29, 1.82) is 0 Å². The molecule has 2 rings (SSSR count). The summed E-state index contributed by atoms with van der Waals surface area (Å²) in [6, 6.07) is 1.99. The molecule has 0 aliphatic heterocycles. The number of nitrogen functional groups attached to an aromatic ring is 1. The van der Waals surface area contributed by atoms with E-state index >= 15 is 0 Å². The second-order valence-electron chi connectivity index (χ2n) is 8.02. The van der Waals surface area contributed by atoms with Crippen LogP contribution in [0.1, 0.15) is 80.3 Å². The molecule has 1 aromatic rings. The van der Waals surface area contributed by atoms with Gasteiger partial charge in [0.05, 0.1) is 19.8 Å². The van der Waals surface area contributed by atoms with Crippen molar-refractivity contribution < 1.29 is 14.3 Å². The van der Waals surface area contributed by atoms with Crippen molar-refractivity contribution in [3.63, 3.8) is 0 Å². The molecule has 0 aromatic heterocycles. The number of rotatable bonds is 9. The zero-order valence-corrected chi connectivity index (χ0v) is 18.6. The molecule has 29 heavy (non-hydrogen) atoms. The van der Waals surface area contributed by atoms with Crippen molar-refractivity contribution in [2.45, 2.75) is 65.2 Å². The van der Waals surface area contributed by atoms with Crippen LogP contribution in [0.3, 0.4) is 0 Å². The van der Waals surface area contributed by atoms with Gasteiger partial charge in [-0.2, -0.15) is 0 Å². The van der Waals surface area contributed by atoms with E-state index < -0.39 is 0 Å². The number of amides is 1. The van der Waals surface area contributed by atoms with Crippen LogP contribution >= 0.6 is 0 Å². The van der Waals surface area contributed by atoms with Gasteiger partial charge in [-0.15, -0.1) is 0 Å². The predicted molar refractivity (Wildman–Crippen MR) is 118 cm³/mol. The Morgan fingerprint density at radius 2 is 2.03 bits per heavy atom. The first-order valence-corrected chi connectivity index (χ1v) is 10.5. The summed E-state index contributed by atoms with van der Waals surface area (Å²) in [5, 5.41) is 0. The molecule has 160 valence electrons. The van der Waals surface area contributed by atoms with Crippen LogP contribution in [0.2, 0.25) is 0 Å². The maximum atomic E-state index is 12.8. The molecular weight excluding hydrogens is 364 g/mol. The Labute approximate surface area is 175 Å². The summed E-state index contributed by atoms with van der Waals surface area (Å²) in [6.45, 7) is 10.6. The molecular formula is C24H36N2O3. The number of aryl methyl sites for hydroxylation is 1. The molecule has 1 aliphatic rings. The van der Waals surface area contributed by atoms with Crippen LogP contribution in [0.4, 0.5) is 0 Å². The first-order chi connectivity index (χ1) is 13.9. The van der Waals surface area contributed by atoms with Gasteiger partial charge in [0, 0.05) is 11.5 Å². The lowest BCUT2D eigenvalue weighted by atomic mass is 9.73. The molecule has 1 aliphatic carbocycles. The van der Waals surface area contributed by atoms with Gasteiger partial charge in [0.2, 0.25) is 0 Å². The van der Waals surface area contributed by atoms with Gasteiger partial charge in [-0.05, 0) is 57.1 Å². The Morgan fingerprint density at radius 1 is 1.31 bits per heavy atom. The third-order valence-corrected chi connectivity index (χ3v) is 5.91. The van der Waals surface area contributed by atoms with E-state index in [1.165, 1.54) is 5.57 Å². The minimum atomic E-state index is -0.333. The van der Waals surface area contributed by atoms with Crippen LogP contribution in [0, 0.1) is 5.92 Å². The van der Waals surface area contributed by atoms with Gasteiger partial charge in [0.1, 0.15) is 11.5 Å². The molecule has 1 aromatic carbocycles. The van der Waals surface area contributed by atoms with E-state index in [4.69, 9.17) is 15.3 Å². The monoisotopic (exact) mass is 400 g/mol. The lowest BCUT2D eigenvalue weighted by Gasteiger charge is -2.33. The van der Waals surface area contributed by atoms with Crippen molar-refractivity contribution in [3.05, 3.63) is 46.6 Å². The topological polar surface area (TPSA) is 73.6 Å². The summed E-state index contributed by atoms with van der Waals surface area (Å²) in [5.41, 5.74) is 7.08. The van der Waals surface area contributed by atoms with Crippen LogP contribution < -0.4 is 20.7 Å². The Morgan fingerprint density at radius 3 is 2.59 bits per heavy atom. The fourth-order valence-electron chi connectivity index (χ4n) is 4.39. The average molecular weight is 401 g/mol. The first-order valence-electron chi connectivity index (χ1n) is 10.5. The van der Waals surface area contributed by atoms with E-state index in [-0.39, 0.29) is 17.7 Å². The largest absolute Gasteiger partial charge is 0.496 e. The fraction of sp³-hybridized carbons (Fsp3) is 0.542. The van der Waals surface area contributed by atoms with Crippen molar-refractivity contribution in [1.82, 2.24) is 5.43 Å². The smallest absolute Gasteiger partial charge is 0.269 e. The molecule has 1 amide bonds. The van der Waals surface area contributed by atoms with Crippen LogP contribution in [-0.4, -0.2) is 20.1 Å². The van der Waals surface area contributed by atoms with Gasteiger partial charge in [-0.1, -0.05) is 43.6 Å². The summed E-state index contributed by atoms with van der Waals surface area (Å²) in [6.07, 6.45) is 8.30. The zero-order valence-electron chi connectivity index (χ0n) is 18.6. The summed E-state index contributed by atoms with van der Waals surface area (Å²) in [7, 11) is 3.28. The molecule has 2 unspecified atom stereocenters. The highest BCUT2D eigenvalue weighted by Crippen LogP contribution is 2.48. The van der Waals surface area contributed by atoms with Gasteiger partial charge < -0.3 is 9.47 Å². The van der Waals surface area contributed by atoms with Crippen LogP contribution in [0.5, 0.6) is 11.5 Å². The molecule has 5 nitrogen and oxygen atoms in total. The van der Waals surface area contributed by atoms with E-state index in [1.807, 2.05) is 6.07 Å². The van der Waals surface area contributed by atoms with Gasteiger partial charge >= 0.3 is 0 Å². The standard InChI is InChI=1S/C24H36N2O3/c1-7-8-9-10-17-14-20(28-5)22(23(29-6)21(17)24(27)26-25)19-13-16(4)11-12-18(19)15(2)3/h13-14,18-19H,2,7-12,25H2,1,3-6H3,(H,26,27). The van der Waals surface area contributed by atoms with Gasteiger partial charge in [0.25, 0.3) is 5.91 Å². The number of unbranched alkanes of at least 4 members (excludes halogenated alkanes) is 2. The molecule has 3 N–H and O–H groups in total. The number of nitrogens with one attached hydrogen (secondary N) is 1. The molecule has 0 saturated carbocycles. The van der Waals surface area contributed by atoms with Crippen LogP contribution in [-0.2, 0) is 6.42 Å². The molecule has 0 radical (unpaired) electrons. The number of allylic oxidation sites excluding steroid dienone is 3. The number of hydrogen-bond donors (Lipinski definition) is 2. The highest BCUT2D eigenvalue weighted by molar-refractivity contribution is 5.99. The summed E-state index contributed by atoms with van der Waals surface area (Å²) < 4.78 is 11.7. The maximum absolute atomic E-state index is 12.8. The Balaban J connectivity index is 2.74. The van der Waals surface area contributed by atoms with Crippen LogP contribution in [0.25, 0.3) is 0 Å². The number of methoxy groups -OCH3 is 2. The minimum absolute atomic E-state index is 0.0418. The Bertz CT molecular complexity index is 783. The molecule has 0 bridgehead atoms. The number of benzene rings is 1. The third-order valence-electron chi connectivity index (χ3n) is 5.91. The lowest BCUT2D eigenvalue weighted by molar-refractivity contribution is 0.0949. The number of hydrogen-bond acceptors (Lipinski definition) is 4. The van der Waals surface area contributed by atoms with E-state index in [2.05, 4.69) is 38.9 Å². The molecule has 2 atom stereocenters. The highest BCUT2D eigenvalue weighted by atomic mass is 16.5. The number of hydrazine groups is 1. The van der Waals surface area contributed by atoms with Gasteiger partial charge in [-0.25, -0.2) is 5.84 Å². The van der Waals surface area contributed by atoms with Crippen molar-refractivity contribution in [2.75, 3.05) is 14.2 Å². The van der Waals surface area contributed by atoms with E-state index in [0.717, 1.165) is 61.0 Å². The highest BCUT2D eigenvalue weighted by Gasteiger charge is 2.34. The Hall–Kier alpha value is -2.27. The van der Waals surface area contributed by atoms with E-state index in [1.54, 1.807) is 14.2 Å². The predicted octanol–water partition coefficient (Wildman–Crippen LogP) is 5.06. The van der Waals surface area contributed by atoms with Crippen molar-refractivity contribution in [3.8, 4) is 11.5 Å². The van der Waals surface area contributed by atoms with Crippen molar-refractivity contribution >= 4 is 5.91 Å². The summed E-state index contributed by atoms with van der Waals surface area (Å²) >= 11 is 0. The Kier molecular flexibility index (Phi) is 8.32. The molecule has 0 heterocycles. The second-order valence-corrected chi connectivity index (χ2v) is 8.02. The summed E-state index contributed by atoms with van der Waals surface area (Å²) in [4.78, 5) is 12.8. The van der Waals surface area contributed by atoms with Crippen molar-refractivity contribution in [2.24, 2.45) is 11.8 Å². The molecule has 0 saturated heterocycles. The minimum Gasteiger partial charge on any atom is -0.496 e. The third kappa shape index (κ3) is 5.02. The normalized spacial score (nSPS) is 18.8. The van der Waals surface area contributed by atoms with E-state index in [0.29, 0.717) is 11.3 Å². The van der Waals surface area contributed by atoms with E-state index in [9.17, 15) is 4.79 Å². The fourth-order valence-corrected chi connectivity index (χ4v) is 4.39. The quantitative estimate of drug-likeness (QED) is 0.200. The number of carbonyl (C=O) groups is 1. The maximum Gasteiger partial charge on any atom is 0.269 e. The number of ether oxygens (including phenoxy) is 2. The number of carbonyl (C=O) groups excluding carboxylic acids is 1. The second kappa shape index (κ2) is 10.5. The lowest BCUT2D eigenvalue weighted by Crippen LogP contribution is -2.32. The average Bonchev–Trinajstić information content (AvgIpc) is 2.71.